The molecular weight excluding hydrogens is 271 g/mol. The molecule has 21 heavy (non-hydrogen) atoms. The van der Waals surface area contributed by atoms with Crippen molar-refractivity contribution >= 4 is 5.69 Å². The number of nitrogens with one attached hydrogen (secondary N) is 1. The number of hydrogen-bond donors (Lipinski definition) is 1. The third kappa shape index (κ3) is 4.40. The molecule has 1 aromatic carbocycles. The molecule has 1 aliphatic heterocycles. The van der Waals surface area contributed by atoms with Crippen LogP contribution in [0.25, 0.3) is 0 Å². The highest BCUT2D eigenvalue weighted by Crippen LogP contribution is 2.26. The third-order valence-electron chi connectivity index (χ3n) is 4.00. The first-order chi connectivity index (χ1) is 10.2. The van der Waals surface area contributed by atoms with E-state index in [1.54, 1.807) is 13.2 Å². The molecular formula is C16H25FN2O2. The highest BCUT2D eigenvalue weighted by Gasteiger charge is 2.21. The normalized spacial score (nSPS) is 16.1. The lowest BCUT2D eigenvalue weighted by atomic mass is 10.0. The summed E-state index contributed by atoms with van der Waals surface area (Å²) < 4.78 is 24.6. The molecule has 1 N–H and O–H groups in total. The molecule has 0 atom stereocenters. The van der Waals surface area contributed by atoms with Gasteiger partial charge < -0.3 is 19.7 Å². The quantitative estimate of drug-likeness (QED) is 0.782. The van der Waals surface area contributed by atoms with E-state index in [1.165, 1.54) is 6.07 Å². The van der Waals surface area contributed by atoms with Crippen LogP contribution in [0.15, 0.2) is 18.2 Å². The molecule has 0 unspecified atom stereocenters. The number of methoxy groups -OCH3 is 1. The summed E-state index contributed by atoms with van der Waals surface area (Å²) in [4.78, 5) is 2.19. The Hall–Kier alpha value is -1.17. The molecule has 5 heteroatoms. The highest BCUT2D eigenvalue weighted by atomic mass is 19.1. The lowest BCUT2D eigenvalue weighted by Crippen LogP contribution is -2.37. The average molecular weight is 296 g/mol. The summed E-state index contributed by atoms with van der Waals surface area (Å²) >= 11 is 0. The zero-order valence-corrected chi connectivity index (χ0v) is 12.9. The molecule has 1 fully saturated rings. The first-order valence-corrected chi connectivity index (χ1v) is 7.51. The van der Waals surface area contributed by atoms with E-state index < -0.39 is 0 Å². The van der Waals surface area contributed by atoms with Crippen LogP contribution in [0.3, 0.4) is 0 Å². The Bertz CT molecular complexity index is 436. The first kappa shape index (κ1) is 16.2. The molecule has 0 aromatic heterocycles. The molecule has 0 aliphatic carbocycles. The maximum absolute atomic E-state index is 14.2. The van der Waals surface area contributed by atoms with E-state index in [-0.39, 0.29) is 5.82 Å². The Morgan fingerprint density at radius 2 is 2.14 bits per heavy atom. The van der Waals surface area contributed by atoms with Crippen molar-refractivity contribution in [3.05, 3.63) is 29.6 Å². The minimum absolute atomic E-state index is 0.156. The number of hydrogen-bond acceptors (Lipinski definition) is 4. The van der Waals surface area contributed by atoms with E-state index in [0.29, 0.717) is 25.7 Å². The van der Waals surface area contributed by atoms with Crippen LogP contribution in [0.2, 0.25) is 0 Å². The number of nitrogens with zero attached hydrogens (tertiary/aromatic N) is 1. The lowest BCUT2D eigenvalue weighted by Gasteiger charge is -2.34. The van der Waals surface area contributed by atoms with Crippen molar-refractivity contribution in [1.29, 1.82) is 0 Å². The molecule has 1 saturated heterocycles. The number of halogens is 1. The average Bonchev–Trinajstić information content (AvgIpc) is 2.53. The van der Waals surface area contributed by atoms with E-state index in [1.807, 2.05) is 13.1 Å². The molecule has 1 aliphatic rings. The summed E-state index contributed by atoms with van der Waals surface area (Å²) in [5, 5.41) is 3.23. The molecule has 0 spiro atoms. The Morgan fingerprint density at radius 3 is 2.86 bits per heavy atom. The first-order valence-electron chi connectivity index (χ1n) is 7.51. The van der Waals surface area contributed by atoms with Crippen molar-refractivity contribution in [3.63, 3.8) is 0 Å². The Kier molecular flexibility index (Phi) is 6.42. The maximum Gasteiger partial charge on any atom is 0.129 e. The molecule has 0 saturated carbocycles. The van der Waals surface area contributed by atoms with Crippen molar-refractivity contribution in [2.75, 3.05) is 45.4 Å². The minimum atomic E-state index is -0.156. The second-order valence-electron chi connectivity index (χ2n) is 5.36. The fraction of sp³-hybridized carbons (Fsp3) is 0.625. The summed E-state index contributed by atoms with van der Waals surface area (Å²) in [7, 11) is 3.71. The fourth-order valence-electron chi connectivity index (χ4n) is 2.71. The van der Waals surface area contributed by atoms with Gasteiger partial charge in [0.15, 0.2) is 0 Å². The van der Waals surface area contributed by atoms with Crippen molar-refractivity contribution in [1.82, 2.24) is 5.32 Å². The molecule has 4 nitrogen and oxygen atoms in total. The van der Waals surface area contributed by atoms with Crippen LogP contribution in [0.5, 0.6) is 0 Å². The van der Waals surface area contributed by atoms with Crippen LogP contribution >= 0.6 is 0 Å². The van der Waals surface area contributed by atoms with Gasteiger partial charge in [0, 0.05) is 57.8 Å². The van der Waals surface area contributed by atoms with Gasteiger partial charge in [0.1, 0.15) is 5.82 Å². The Morgan fingerprint density at radius 1 is 1.38 bits per heavy atom. The lowest BCUT2D eigenvalue weighted by molar-refractivity contribution is 0.0854. The molecule has 1 heterocycles. The van der Waals surface area contributed by atoms with Gasteiger partial charge in [-0.2, -0.15) is 0 Å². The van der Waals surface area contributed by atoms with Gasteiger partial charge in [0.05, 0.1) is 6.61 Å². The highest BCUT2D eigenvalue weighted by molar-refractivity contribution is 5.54. The monoisotopic (exact) mass is 296 g/mol. The van der Waals surface area contributed by atoms with E-state index in [2.05, 4.69) is 10.2 Å². The van der Waals surface area contributed by atoms with E-state index in [0.717, 1.165) is 37.3 Å². The smallest absolute Gasteiger partial charge is 0.129 e. The fourth-order valence-corrected chi connectivity index (χ4v) is 2.71. The van der Waals surface area contributed by atoms with Gasteiger partial charge >= 0.3 is 0 Å². The molecule has 1 aromatic rings. The van der Waals surface area contributed by atoms with Crippen molar-refractivity contribution < 1.29 is 13.9 Å². The zero-order valence-electron chi connectivity index (χ0n) is 12.9. The van der Waals surface area contributed by atoms with Gasteiger partial charge in [0.2, 0.25) is 0 Å². The van der Waals surface area contributed by atoms with Crippen LogP contribution in [-0.2, 0) is 16.0 Å². The second-order valence-corrected chi connectivity index (χ2v) is 5.36. The molecule has 0 bridgehead atoms. The number of rotatable bonds is 7. The van der Waals surface area contributed by atoms with Crippen LogP contribution in [0, 0.1) is 5.82 Å². The Labute approximate surface area is 126 Å². The summed E-state index contributed by atoms with van der Waals surface area (Å²) in [6, 6.07) is 5.71. The van der Waals surface area contributed by atoms with Crippen LogP contribution in [0.4, 0.5) is 10.1 Å². The summed E-state index contributed by atoms with van der Waals surface area (Å²) in [5.74, 6) is -0.156. The SMILES string of the molecule is COCCNCc1c(F)cccc1N(C)C1CCOCC1. The predicted molar refractivity (Wildman–Crippen MR) is 82.2 cm³/mol. The van der Waals surface area contributed by atoms with E-state index in [4.69, 9.17) is 9.47 Å². The van der Waals surface area contributed by atoms with Gasteiger partial charge in [-0.15, -0.1) is 0 Å². The van der Waals surface area contributed by atoms with Crippen LogP contribution in [-0.4, -0.2) is 46.6 Å². The Balaban J connectivity index is 2.08. The van der Waals surface area contributed by atoms with Crippen LogP contribution < -0.4 is 10.2 Å². The van der Waals surface area contributed by atoms with Gasteiger partial charge in [-0.25, -0.2) is 4.39 Å². The maximum atomic E-state index is 14.2. The minimum Gasteiger partial charge on any atom is -0.383 e. The molecule has 0 radical (unpaired) electrons. The summed E-state index contributed by atoms with van der Waals surface area (Å²) in [5.41, 5.74) is 1.69. The molecule has 2 rings (SSSR count). The number of anilines is 1. The van der Waals surface area contributed by atoms with Gasteiger partial charge in [-0.3, -0.25) is 0 Å². The van der Waals surface area contributed by atoms with Crippen LogP contribution in [0.1, 0.15) is 18.4 Å². The van der Waals surface area contributed by atoms with E-state index in [9.17, 15) is 4.39 Å². The van der Waals surface area contributed by atoms with Crippen molar-refractivity contribution in [2.45, 2.75) is 25.4 Å². The predicted octanol–water partition coefficient (Wildman–Crippen LogP) is 2.18. The number of benzene rings is 1. The topological polar surface area (TPSA) is 33.7 Å². The summed E-state index contributed by atoms with van der Waals surface area (Å²) in [6.07, 6.45) is 1.98. The van der Waals surface area contributed by atoms with Gasteiger partial charge in [-0.05, 0) is 25.0 Å². The summed E-state index contributed by atoms with van der Waals surface area (Å²) in [6.45, 7) is 3.42. The molecule has 118 valence electrons. The van der Waals surface area contributed by atoms with Crippen molar-refractivity contribution in [2.24, 2.45) is 0 Å². The third-order valence-corrected chi connectivity index (χ3v) is 4.00. The number of ether oxygens (including phenoxy) is 2. The molecule has 0 amide bonds. The van der Waals surface area contributed by atoms with Crippen molar-refractivity contribution in [3.8, 4) is 0 Å². The largest absolute Gasteiger partial charge is 0.383 e. The zero-order chi connectivity index (χ0) is 15.1. The van der Waals surface area contributed by atoms with Gasteiger partial charge in [0.25, 0.3) is 0 Å². The van der Waals surface area contributed by atoms with Gasteiger partial charge in [-0.1, -0.05) is 6.07 Å². The van der Waals surface area contributed by atoms with E-state index >= 15 is 0 Å². The second kappa shape index (κ2) is 8.32. The standard InChI is InChI=1S/C16H25FN2O2/c1-19(13-6-9-21-10-7-13)16-5-3-4-15(17)14(16)12-18-8-11-20-2/h3-5,13,18H,6-12H2,1-2H3.